The van der Waals surface area contributed by atoms with Crippen LogP contribution in [0.3, 0.4) is 0 Å². The number of aromatic nitrogens is 2. The molecule has 0 unspecified atom stereocenters. The minimum Gasteiger partial charge on any atom is -0.301 e. The summed E-state index contributed by atoms with van der Waals surface area (Å²) in [5.74, 6) is 1.34. The molecule has 0 amide bonds. The Kier molecular flexibility index (Phi) is 6.09. The van der Waals surface area contributed by atoms with E-state index in [2.05, 4.69) is 23.8 Å². The Morgan fingerprint density at radius 1 is 1.27 bits per heavy atom. The van der Waals surface area contributed by atoms with Crippen molar-refractivity contribution in [3.05, 3.63) is 56.5 Å². The molecule has 0 spiro atoms. The van der Waals surface area contributed by atoms with Gasteiger partial charge in [-0.15, -0.1) is 0 Å². The fraction of sp³-hybridized carbons (Fsp3) is 0.412. The van der Waals surface area contributed by atoms with Gasteiger partial charge in [0.05, 0.1) is 0 Å². The van der Waals surface area contributed by atoms with E-state index >= 15 is 0 Å². The summed E-state index contributed by atoms with van der Waals surface area (Å²) < 4.78 is 0. The minimum absolute atomic E-state index is 0.00763. The minimum atomic E-state index is -0.00763. The van der Waals surface area contributed by atoms with Crippen molar-refractivity contribution in [1.29, 1.82) is 0 Å². The van der Waals surface area contributed by atoms with Gasteiger partial charge >= 0.3 is 0 Å². The van der Waals surface area contributed by atoms with Crippen molar-refractivity contribution in [3.63, 3.8) is 0 Å². The van der Waals surface area contributed by atoms with Gasteiger partial charge in [-0.2, -0.15) is 0 Å². The fourth-order valence-electron chi connectivity index (χ4n) is 2.11. The highest BCUT2D eigenvalue weighted by Gasteiger charge is 2.09. The summed E-state index contributed by atoms with van der Waals surface area (Å²) in [7, 11) is 0. The summed E-state index contributed by atoms with van der Waals surface area (Å²) in [6, 6.07) is 7.70. The van der Waals surface area contributed by atoms with E-state index in [-0.39, 0.29) is 5.56 Å². The second-order valence-corrected chi connectivity index (χ2v) is 7.18. The van der Waals surface area contributed by atoms with Crippen molar-refractivity contribution >= 4 is 23.4 Å². The van der Waals surface area contributed by atoms with Crippen LogP contribution in [-0.4, -0.2) is 9.97 Å². The van der Waals surface area contributed by atoms with Crippen molar-refractivity contribution in [1.82, 2.24) is 9.97 Å². The van der Waals surface area contributed by atoms with Crippen LogP contribution in [0.25, 0.3) is 0 Å². The summed E-state index contributed by atoms with van der Waals surface area (Å²) in [4.78, 5) is 19.6. The molecule has 0 atom stereocenters. The molecular weight excluding hydrogens is 316 g/mol. The first kappa shape index (κ1) is 17.1. The van der Waals surface area contributed by atoms with Gasteiger partial charge in [-0.25, -0.2) is 4.98 Å². The number of rotatable bonds is 6. The molecule has 1 aromatic heterocycles. The van der Waals surface area contributed by atoms with E-state index in [0.29, 0.717) is 11.1 Å². The van der Waals surface area contributed by atoms with Gasteiger partial charge in [-0.3, -0.25) is 4.79 Å². The average Bonchev–Trinajstić information content (AvgIpc) is 2.45. The third kappa shape index (κ3) is 4.89. The first-order chi connectivity index (χ1) is 10.5. The fourth-order valence-corrected chi connectivity index (χ4v) is 3.10. The molecule has 1 N–H and O–H groups in total. The lowest BCUT2D eigenvalue weighted by molar-refractivity contribution is 0.580. The summed E-state index contributed by atoms with van der Waals surface area (Å²) >= 11 is 7.40. The highest BCUT2D eigenvalue weighted by molar-refractivity contribution is 7.98. The zero-order valence-electron chi connectivity index (χ0n) is 13.1. The van der Waals surface area contributed by atoms with E-state index in [4.69, 9.17) is 11.6 Å². The van der Waals surface area contributed by atoms with E-state index in [0.717, 1.165) is 40.4 Å². The van der Waals surface area contributed by atoms with Gasteiger partial charge in [0.2, 0.25) is 0 Å². The van der Waals surface area contributed by atoms with Crippen LogP contribution in [-0.2, 0) is 12.2 Å². The number of aromatic amines is 1. The third-order valence-corrected chi connectivity index (χ3v) is 4.66. The number of halogens is 1. The second-order valence-electron chi connectivity index (χ2n) is 5.78. The lowest BCUT2D eigenvalue weighted by Gasteiger charge is -2.08. The predicted octanol–water partition coefficient (Wildman–Crippen LogP) is 4.61. The van der Waals surface area contributed by atoms with Gasteiger partial charge < -0.3 is 4.98 Å². The number of aryl methyl sites for hydroxylation is 1. The van der Waals surface area contributed by atoms with Crippen molar-refractivity contribution in [3.8, 4) is 0 Å². The Bertz CT molecular complexity index is 680. The van der Waals surface area contributed by atoms with Crippen LogP contribution in [0.5, 0.6) is 0 Å². The predicted molar refractivity (Wildman–Crippen MR) is 93.8 cm³/mol. The Labute approximate surface area is 140 Å². The molecule has 5 heteroatoms. The standard InChI is InChI=1S/C17H21ClN2OS/c1-11(2)4-9-15-12(3)19-17(20-16(15)21)22-10-13-5-7-14(18)8-6-13/h5-8,11H,4,9-10H2,1-3H3,(H,19,20,21). The van der Waals surface area contributed by atoms with Crippen molar-refractivity contribution < 1.29 is 0 Å². The highest BCUT2D eigenvalue weighted by Crippen LogP contribution is 2.20. The first-order valence-electron chi connectivity index (χ1n) is 7.42. The van der Waals surface area contributed by atoms with Gasteiger partial charge in [0.15, 0.2) is 5.16 Å². The van der Waals surface area contributed by atoms with Gasteiger partial charge in [0, 0.05) is 22.0 Å². The zero-order chi connectivity index (χ0) is 16.1. The molecule has 0 bridgehead atoms. The van der Waals surface area contributed by atoms with Gasteiger partial charge in [0.25, 0.3) is 5.56 Å². The summed E-state index contributed by atoms with van der Waals surface area (Å²) in [5.41, 5.74) is 2.79. The van der Waals surface area contributed by atoms with Crippen LogP contribution in [0.2, 0.25) is 5.02 Å². The van der Waals surface area contributed by atoms with Crippen LogP contribution < -0.4 is 5.56 Å². The monoisotopic (exact) mass is 336 g/mol. The smallest absolute Gasteiger partial charge is 0.254 e. The average molecular weight is 337 g/mol. The molecule has 1 heterocycles. The number of hydrogen-bond donors (Lipinski definition) is 1. The Balaban J connectivity index is 2.06. The number of nitrogens with zero attached hydrogens (tertiary/aromatic N) is 1. The van der Waals surface area contributed by atoms with E-state index in [1.807, 2.05) is 31.2 Å². The Morgan fingerprint density at radius 3 is 2.55 bits per heavy atom. The molecule has 0 saturated carbocycles. The summed E-state index contributed by atoms with van der Waals surface area (Å²) in [6.45, 7) is 6.23. The van der Waals surface area contributed by atoms with Crippen LogP contribution in [0.1, 0.15) is 37.1 Å². The molecule has 0 fully saturated rings. The number of benzene rings is 1. The molecule has 22 heavy (non-hydrogen) atoms. The molecule has 0 aliphatic carbocycles. The van der Waals surface area contributed by atoms with E-state index in [1.54, 1.807) is 0 Å². The SMILES string of the molecule is Cc1nc(SCc2ccc(Cl)cc2)[nH]c(=O)c1CCC(C)C. The van der Waals surface area contributed by atoms with Crippen LogP contribution in [0.15, 0.2) is 34.2 Å². The van der Waals surface area contributed by atoms with Crippen LogP contribution >= 0.6 is 23.4 Å². The number of nitrogens with one attached hydrogen (secondary N) is 1. The lowest BCUT2D eigenvalue weighted by Crippen LogP contribution is -2.17. The number of H-pyrrole nitrogens is 1. The maximum atomic E-state index is 12.2. The van der Waals surface area contributed by atoms with Gasteiger partial charge in [-0.1, -0.05) is 49.3 Å². The normalized spacial score (nSPS) is 11.1. The van der Waals surface area contributed by atoms with Gasteiger partial charge in [0.1, 0.15) is 0 Å². The maximum absolute atomic E-state index is 12.2. The van der Waals surface area contributed by atoms with Crippen molar-refractivity contribution in [2.24, 2.45) is 5.92 Å². The van der Waals surface area contributed by atoms with E-state index in [9.17, 15) is 4.79 Å². The molecular formula is C17H21ClN2OS. The van der Waals surface area contributed by atoms with Gasteiger partial charge in [-0.05, 0) is 43.4 Å². The van der Waals surface area contributed by atoms with Crippen molar-refractivity contribution in [2.75, 3.05) is 0 Å². The largest absolute Gasteiger partial charge is 0.301 e. The number of thioether (sulfide) groups is 1. The molecule has 0 aliphatic rings. The Hall–Kier alpha value is -1.26. The molecule has 2 aromatic rings. The summed E-state index contributed by atoms with van der Waals surface area (Å²) in [6.07, 6.45) is 1.79. The second kappa shape index (κ2) is 7.84. The molecule has 118 valence electrons. The molecule has 1 aromatic carbocycles. The summed E-state index contributed by atoms with van der Waals surface area (Å²) in [5, 5.41) is 1.40. The topological polar surface area (TPSA) is 45.8 Å². The van der Waals surface area contributed by atoms with E-state index in [1.165, 1.54) is 11.8 Å². The van der Waals surface area contributed by atoms with E-state index < -0.39 is 0 Å². The molecule has 0 saturated heterocycles. The van der Waals surface area contributed by atoms with Crippen LogP contribution in [0, 0.1) is 12.8 Å². The third-order valence-electron chi connectivity index (χ3n) is 3.46. The Morgan fingerprint density at radius 2 is 1.95 bits per heavy atom. The van der Waals surface area contributed by atoms with Crippen LogP contribution in [0.4, 0.5) is 0 Å². The highest BCUT2D eigenvalue weighted by atomic mass is 35.5. The molecule has 0 radical (unpaired) electrons. The molecule has 0 aliphatic heterocycles. The number of hydrogen-bond acceptors (Lipinski definition) is 3. The quantitative estimate of drug-likeness (QED) is 0.618. The van der Waals surface area contributed by atoms with Crippen molar-refractivity contribution in [2.45, 2.75) is 44.5 Å². The molecule has 2 rings (SSSR count). The molecule has 3 nitrogen and oxygen atoms in total. The lowest BCUT2D eigenvalue weighted by atomic mass is 10.0. The first-order valence-corrected chi connectivity index (χ1v) is 8.79. The zero-order valence-corrected chi connectivity index (χ0v) is 14.7. The maximum Gasteiger partial charge on any atom is 0.254 e.